The molecule has 1 heterocycles. The zero-order valence-electron chi connectivity index (χ0n) is 12.5. The molecule has 1 aliphatic rings. The van der Waals surface area contributed by atoms with E-state index in [2.05, 4.69) is 0 Å². The van der Waals surface area contributed by atoms with Gasteiger partial charge in [-0.3, -0.25) is 9.69 Å². The topological polar surface area (TPSA) is 59.0 Å². The molecule has 1 unspecified atom stereocenters. The number of ether oxygens (including phenoxy) is 2. The van der Waals surface area contributed by atoms with Crippen molar-refractivity contribution in [2.75, 3.05) is 26.8 Å². The third-order valence-electron chi connectivity index (χ3n) is 3.85. The first-order valence-electron chi connectivity index (χ1n) is 7.45. The molecule has 0 spiro atoms. The molecule has 1 atom stereocenters. The fourth-order valence-corrected chi connectivity index (χ4v) is 2.73. The number of carbonyl (C=O) groups is 1. The predicted octanol–water partition coefficient (Wildman–Crippen LogP) is 2.40. The summed E-state index contributed by atoms with van der Waals surface area (Å²) in [5.74, 6) is 0.666. The summed E-state index contributed by atoms with van der Waals surface area (Å²) in [6, 6.07) is 7.11. The Labute approximate surface area is 125 Å². The second kappa shape index (κ2) is 7.88. The number of methoxy groups -OCH3 is 1. The standard InChI is InChI=1S/C16H23NO4/c1-20-14-8-4-5-9-15(14)21-12-11-17-10-6-2-3-7-13(17)16(18)19/h4-5,8-9,13H,2-3,6-7,10-12H2,1H3,(H,18,19). The lowest BCUT2D eigenvalue weighted by Gasteiger charge is -2.26. The second-order valence-electron chi connectivity index (χ2n) is 5.24. The van der Waals surface area contributed by atoms with Crippen molar-refractivity contribution in [3.05, 3.63) is 24.3 Å². The molecule has 116 valence electrons. The van der Waals surface area contributed by atoms with E-state index in [0.717, 1.165) is 32.2 Å². The van der Waals surface area contributed by atoms with E-state index < -0.39 is 5.97 Å². The molecule has 0 bridgehead atoms. The van der Waals surface area contributed by atoms with E-state index in [-0.39, 0.29) is 6.04 Å². The van der Waals surface area contributed by atoms with Crippen LogP contribution < -0.4 is 9.47 Å². The molecule has 0 amide bonds. The molecule has 5 heteroatoms. The first-order valence-corrected chi connectivity index (χ1v) is 7.45. The van der Waals surface area contributed by atoms with E-state index >= 15 is 0 Å². The maximum Gasteiger partial charge on any atom is 0.320 e. The number of benzene rings is 1. The lowest BCUT2D eigenvalue weighted by molar-refractivity contribution is -0.143. The Morgan fingerprint density at radius 1 is 1.29 bits per heavy atom. The van der Waals surface area contributed by atoms with E-state index in [4.69, 9.17) is 9.47 Å². The van der Waals surface area contributed by atoms with Gasteiger partial charge in [-0.1, -0.05) is 25.0 Å². The van der Waals surface area contributed by atoms with Crippen LogP contribution >= 0.6 is 0 Å². The average molecular weight is 293 g/mol. The summed E-state index contributed by atoms with van der Waals surface area (Å²) in [7, 11) is 1.61. The molecule has 0 radical (unpaired) electrons. The van der Waals surface area contributed by atoms with E-state index in [1.54, 1.807) is 7.11 Å². The summed E-state index contributed by atoms with van der Waals surface area (Å²) in [5.41, 5.74) is 0. The van der Waals surface area contributed by atoms with Gasteiger partial charge in [0.25, 0.3) is 0 Å². The minimum atomic E-state index is -0.728. The van der Waals surface area contributed by atoms with Crippen LogP contribution in [0.3, 0.4) is 0 Å². The van der Waals surface area contributed by atoms with Crippen molar-refractivity contribution in [3.63, 3.8) is 0 Å². The summed E-state index contributed by atoms with van der Waals surface area (Å²) < 4.78 is 11.0. The Hall–Kier alpha value is -1.75. The zero-order valence-corrected chi connectivity index (χ0v) is 12.5. The van der Waals surface area contributed by atoms with Gasteiger partial charge in [0.05, 0.1) is 7.11 Å². The van der Waals surface area contributed by atoms with Crippen molar-refractivity contribution in [2.24, 2.45) is 0 Å². The van der Waals surface area contributed by atoms with Gasteiger partial charge in [-0.15, -0.1) is 0 Å². The minimum Gasteiger partial charge on any atom is -0.493 e. The van der Waals surface area contributed by atoms with Crippen LogP contribution in [0.15, 0.2) is 24.3 Å². The van der Waals surface area contributed by atoms with Gasteiger partial charge in [-0.25, -0.2) is 0 Å². The van der Waals surface area contributed by atoms with Gasteiger partial charge in [0.15, 0.2) is 11.5 Å². The lowest BCUT2D eigenvalue weighted by atomic mass is 10.1. The molecule has 1 aromatic carbocycles. The molecule has 0 aromatic heterocycles. The van der Waals surface area contributed by atoms with Crippen LogP contribution in [0.4, 0.5) is 0 Å². The summed E-state index contributed by atoms with van der Waals surface area (Å²) in [5, 5.41) is 9.33. The predicted molar refractivity (Wildman–Crippen MR) is 80.0 cm³/mol. The Bertz CT molecular complexity index is 463. The molecule has 2 rings (SSSR count). The Morgan fingerprint density at radius 3 is 2.76 bits per heavy atom. The van der Waals surface area contributed by atoms with Crippen molar-refractivity contribution >= 4 is 5.97 Å². The normalized spacial score (nSPS) is 19.8. The van der Waals surface area contributed by atoms with Crippen LogP contribution in [0, 0.1) is 0 Å². The van der Waals surface area contributed by atoms with Crippen molar-refractivity contribution in [1.29, 1.82) is 0 Å². The molecule has 0 saturated carbocycles. The van der Waals surface area contributed by atoms with Crippen molar-refractivity contribution < 1.29 is 19.4 Å². The highest BCUT2D eigenvalue weighted by molar-refractivity contribution is 5.73. The number of carboxylic acid groups (broad SMARTS) is 1. The van der Waals surface area contributed by atoms with Crippen LogP contribution in [0.1, 0.15) is 25.7 Å². The van der Waals surface area contributed by atoms with E-state index in [1.165, 1.54) is 0 Å². The summed E-state index contributed by atoms with van der Waals surface area (Å²) in [6.07, 6.45) is 3.87. The third kappa shape index (κ3) is 4.36. The van der Waals surface area contributed by atoms with E-state index in [9.17, 15) is 9.90 Å². The maximum atomic E-state index is 11.3. The van der Waals surface area contributed by atoms with Crippen LogP contribution in [-0.2, 0) is 4.79 Å². The molecule has 1 aliphatic heterocycles. The quantitative estimate of drug-likeness (QED) is 0.872. The molecule has 0 aliphatic carbocycles. The molecule has 1 fully saturated rings. The molecule has 5 nitrogen and oxygen atoms in total. The van der Waals surface area contributed by atoms with Crippen LogP contribution in [0.2, 0.25) is 0 Å². The Kier molecular flexibility index (Phi) is 5.87. The van der Waals surface area contributed by atoms with E-state index in [1.807, 2.05) is 29.2 Å². The van der Waals surface area contributed by atoms with Gasteiger partial charge in [0, 0.05) is 6.54 Å². The first kappa shape index (κ1) is 15.6. The van der Waals surface area contributed by atoms with E-state index in [0.29, 0.717) is 24.7 Å². The third-order valence-corrected chi connectivity index (χ3v) is 3.85. The average Bonchev–Trinajstić information content (AvgIpc) is 2.73. The molecule has 21 heavy (non-hydrogen) atoms. The molecular weight excluding hydrogens is 270 g/mol. The number of nitrogens with zero attached hydrogens (tertiary/aromatic N) is 1. The minimum absolute atomic E-state index is 0.381. The highest BCUT2D eigenvalue weighted by atomic mass is 16.5. The van der Waals surface area contributed by atoms with Crippen molar-refractivity contribution in [2.45, 2.75) is 31.7 Å². The van der Waals surface area contributed by atoms with Gasteiger partial charge in [-0.2, -0.15) is 0 Å². The number of aliphatic carboxylic acids is 1. The van der Waals surface area contributed by atoms with Crippen molar-refractivity contribution in [1.82, 2.24) is 4.90 Å². The van der Waals surface area contributed by atoms with Gasteiger partial charge in [0.1, 0.15) is 12.6 Å². The lowest BCUT2D eigenvalue weighted by Crippen LogP contribution is -2.42. The number of para-hydroxylation sites is 2. The number of rotatable bonds is 6. The van der Waals surface area contributed by atoms with Crippen LogP contribution in [-0.4, -0.2) is 48.8 Å². The number of carboxylic acids is 1. The van der Waals surface area contributed by atoms with Crippen LogP contribution in [0.25, 0.3) is 0 Å². The first-order chi connectivity index (χ1) is 10.2. The molecule has 1 aromatic rings. The van der Waals surface area contributed by atoms with Gasteiger partial charge in [0.2, 0.25) is 0 Å². The number of likely N-dealkylation sites (tertiary alicyclic amines) is 1. The monoisotopic (exact) mass is 293 g/mol. The van der Waals surface area contributed by atoms with Gasteiger partial charge in [-0.05, 0) is 31.5 Å². The fraction of sp³-hybridized carbons (Fsp3) is 0.562. The van der Waals surface area contributed by atoms with Crippen LogP contribution in [0.5, 0.6) is 11.5 Å². The fourth-order valence-electron chi connectivity index (χ4n) is 2.73. The second-order valence-corrected chi connectivity index (χ2v) is 5.24. The Balaban J connectivity index is 1.90. The molecule has 1 saturated heterocycles. The molecule has 1 N–H and O–H groups in total. The van der Waals surface area contributed by atoms with Crippen molar-refractivity contribution in [3.8, 4) is 11.5 Å². The Morgan fingerprint density at radius 2 is 2.05 bits per heavy atom. The smallest absolute Gasteiger partial charge is 0.320 e. The van der Waals surface area contributed by atoms with Gasteiger partial charge < -0.3 is 14.6 Å². The maximum absolute atomic E-state index is 11.3. The summed E-state index contributed by atoms with van der Waals surface area (Å²) >= 11 is 0. The van der Waals surface area contributed by atoms with Gasteiger partial charge >= 0.3 is 5.97 Å². The highest BCUT2D eigenvalue weighted by Crippen LogP contribution is 2.25. The molecular formula is C16H23NO4. The number of hydrogen-bond donors (Lipinski definition) is 1. The number of hydrogen-bond acceptors (Lipinski definition) is 4. The largest absolute Gasteiger partial charge is 0.493 e. The summed E-state index contributed by atoms with van der Waals surface area (Å²) in [6.45, 7) is 1.91. The summed E-state index contributed by atoms with van der Waals surface area (Å²) in [4.78, 5) is 13.4. The SMILES string of the molecule is COc1ccccc1OCCN1CCCCCC1C(=O)O. The zero-order chi connectivity index (χ0) is 15.1. The highest BCUT2D eigenvalue weighted by Gasteiger charge is 2.26.